The molecule has 0 unspecified atom stereocenters. The molecule has 0 saturated carbocycles. The summed E-state index contributed by atoms with van der Waals surface area (Å²) in [5.74, 6) is 1.49. The molecule has 2 rings (SSSR count). The van der Waals surface area contributed by atoms with Gasteiger partial charge >= 0.3 is 0 Å². The molecule has 0 fully saturated rings. The largest absolute Gasteiger partial charge is 0.493 e. The van der Waals surface area contributed by atoms with Crippen LogP contribution in [0.2, 0.25) is 0 Å². The van der Waals surface area contributed by atoms with E-state index in [0.29, 0.717) is 18.7 Å². The third-order valence-electron chi connectivity index (χ3n) is 3.87. The van der Waals surface area contributed by atoms with E-state index in [1.807, 2.05) is 42.5 Å². The molecule has 5 heteroatoms. The molecule has 0 heterocycles. The van der Waals surface area contributed by atoms with Crippen molar-refractivity contribution in [1.29, 1.82) is 0 Å². The number of anilines is 2. The molecule has 0 aliphatic rings. The van der Waals surface area contributed by atoms with Gasteiger partial charge < -0.3 is 20.1 Å². The van der Waals surface area contributed by atoms with Gasteiger partial charge in [-0.25, -0.2) is 0 Å². The second-order valence-corrected chi connectivity index (χ2v) is 5.77. The van der Waals surface area contributed by atoms with Crippen LogP contribution in [0.1, 0.15) is 31.7 Å². The zero-order valence-electron chi connectivity index (χ0n) is 15.1. The van der Waals surface area contributed by atoms with Gasteiger partial charge in [-0.2, -0.15) is 0 Å². The molecule has 2 N–H and O–H groups in total. The minimum absolute atomic E-state index is 0.0629. The van der Waals surface area contributed by atoms with Crippen LogP contribution in [0.4, 0.5) is 11.4 Å². The molecule has 0 atom stereocenters. The van der Waals surface area contributed by atoms with Crippen molar-refractivity contribution in [2.45, 2.75) is 32.7 Å². The van der Waals surface area contributed by atoms with Crippen molar-refractivity contribution in [3.8, 4) is 11.5 Å². The summed E-state index contributed by atoms with van der Waals surface area (Å²) in [4.78, 5) is 11.7. The molecular formula is C20H26N2O3. The molecule has 1 amide bonds. The Kier molecular flexibility index (Phi) is 7.14. The zero-order chi connectivity index (χ0) is 18.1. The number of carbonyl (C=O) groups is 1. The predicted molar refractivity (Wildman–Crippen MR) is 101 cm³/mol. The fraction of sp³-hybridized carbons (Fsp3) is 0.350. The first-order chi connectivity index (χ1) is 12.2. The first-order valence-electron chi connectivity index (χ1n) is 8.51. The van der Waals surface area contributed by atoms with Gasteiger partial charge in [-0.1, -0.05) is 19.4 Å². The Hall–Kier alpha value is -2.69. The Morgan fingerprint density at radius 1 is 0.960 bits per heavy atom. The lowest BCUT2D eigenvalue weighted by Crippen LogP contribution is -2.10. The van der Waals surface area contributed by atoms with E-state index in [0.717, 1.165) is 35.5 Å². The number of benzene rings is 2. The summed E-state index contributed by atoms with van der Waals surface area (Å²) in [6, 6.07) is 13.6. The average Bonchev–Trinajstić information content (AvgIpc) is 2.65. The SMILES string of the molecule is CCCCC(=O)Nc1ccc(NCc2ccc(OC)c(OC)c2)cc1. The molecule has 25 heavy (non-hydrogen) atoms. The highest BCUT2D eigenvalue weighted by Crippen LogP contribution is 2.27. The predicted octanol–water partition coefficient (Wildman–Crippen LogP) is 4.44. The second-order valence-electron chi connectivity index (χ2n) is 5.77. The lowest BCUT2D eigenvalue weighted by atomic mass is 10.2. The molecule has 2 aromatic rings. The van der Waals surface area contributed by atoms with E-state index in [1.165, 1.54) is 0 Å². The first-order valence-corrected chi connectivity index (χ1v) is 8.51. The molecule has 0 aliphatic carbocycles. The highest BCUT2D eigenvalue weighted by atomic mass is 16.5. The van der Waals surface area contributed by atoms with Gasteiger partial charge in [-0.15, -0.1) is 0 Å². The number of amides is 1. The van der Waals surface area contributed by atoms with Gasteiger partial charge in [0.1, 0.15) is 0 Å². The monoisotopic (exact) mass is 342 g/mol. The minimum Gasteiger partial charge on any atom is -0.493 e. The van der Waals surface area contributed by atoms with Gasteiger partial charge in [0.25, 0.3) is 0 Å². The highest BCUT2D eigenvalue weighted by molar-refractivity contribution is 5.90. The van der Waals surface area contributed by atoms with Crippen molar-refractivity contribution in [2.24, 2.45) is 0 Å². The van der Waals surface area contributed by atoms with E-state index >= 15 is 0 Å². The van der Waals surface area contributed by atoms with E-state index in [9.17, 15) is 4.79 Å². The molecule has 0 aliphatic heterocycles. The van der Waals surface area contributed by atoms with E-state index in [1.54, 1.807) is 14.2 Å². The molecule has 5 nitrogen and oxygen atoms in total. The zero-order valence-corrected chi connectivity index (χ0v) is 15.1. The lowest BCUT2D eigenvalue weighted by molar-refractivity contribution is -0.116. The van der Waals surface area contributed by atoms with Gasteiger partial charge in [0.15, 0.2) is 11.5 Å². The van der Waals surface area contributed by atoms with E-state index in [4.69, 9.17) is 9.47 Å². The van der Waals surface area contributed by atoms with Crippen LogP contribution in [0, 0.1) is 0 Å². The topological polar surface area (TPSA) is 59.6 Å². The van der Waals surface area contributed by atoms with Crippen molar-refractivity contribution in [1.82, 2.24) is 0 Å². The van der Waals surface area contributed by atoms with Crippen molar-refractivity contribution in [3.63, 3.8) is 0 Å². The maximum atomic E-state index is 11.7. The number of unbranched alkanes of at least 4 members (excludes halogenated alkanes) is 1. The quantitative estimate of drug-likeness (QED) is 0.707. The number of rotatable bonds is 9. The minimum atomic E-state index is 0.0629. The normalized spacial score (nSPS) is 10.2. The van der Waals surface area contributed by atoms with Gasteiger partial charge in [0, 0.05) is 24.3 Å². The summed E-state index contributed by atoms with van der Waals surface area (Å²) < 4.78 is 10.6. The molecule has 0 spiro atoms. The van der Waals surface area contributed by atoms with Crippen LogP contribution in [-0.4, -0.2) is 20.1 Å². The van der Waals surface area contributed by atoms with Crippen molar-refractivity contribution in [3.05, 3.63) is 48.0 Å². The number of methoxy groups -OCH3 is 2. The van der Waals surface area contributed by atoms with Crippen molar-refractivity contribution < 1.29 is 14.3 Å². The third-order valence-corrected chi connectivity index (χ3v) is 3.87. The molecule has 0 radical (unpaired) electrons. The fourth-order valence-corrected chi connectivity index (χ4v) is 2.43. The van der Waals surface area contributed by atoms with Gasteiger partial charge in [0.2, 0.25) is 5.91 Å². The van der Waals surface area contributed by atoms with Crippen LogP contribution in [0.5, 0.6) is 11.5 Å². The number of hydrogen-bond donors (Lipinski definition) is 2. The fourth-order valence-electron chi connectivity index (χ4n) is 2.43. The van der Waals surface area contributed by atoms with E-state index in [-0.39, 0.29) is 5.91 Å². The third kappa shape index (κ3) is 5.71. The average molecular weight is 342 g/mol. The smallest absolute Gasteiger partial charge is 0.224 e. The first kappa shape index (κ1) is 18.6. The summed E-state index contributed by atoms with van der Waals surface area (Å²) in [5, 5.41) is 6.26. The van der Waals surface area contributed by atoms with Crippen LogP contribution in [0.15, 0.2) is 42.5 Å². The molecule has 134 valence electrons. The van der Waals surface area contributed by atoms with Gasteiger partial charge in [0.05, 0.1) is 14.2 Å². The molecule has 0 saturated heterocycles. The Morgan fingerprint density at radius 3 is 2.28 bits per heavy atom. The number of hydrogen-bond acceptors (Lipinski definition) is 4. The van der Waals surface area contributed by atoms with E-state index < -0.39 is 0 Å². The number of nitrogens with one attached hydrogen (secondary N) is 2. The Bertz CT molecular complexity index is 684. The van der Waals surface area contributed by atoms with Crippen LogP contribution in [-0.2, 0) is 11.3 Å². The van der Waals surface area contributed by atoms with Crippen LogP contribution < -0.4 is 20.1 Å². The maximum Gasteiger partial charge on any atom is 0.224 e. The van der Waals surface area contributed by atoms with E-state index in [2.05, 4.69) is 17.6 Å². The standard InChI is InChI=1S/C20H26N2O3/c1-4-5-6-20(23)22-17-10-8-16(9-11-17)21-14-15-7-12-18(24-2)19(13-15)25-3/h7-13,21H,4-6,14H2,1-3H3,(H,22,23). The van der Waals surface area contributed by atoms with Crippen molar-refractivity contribution in [2.75, 3.05) is 24.9 Å². The highest BCUT2D eigenvalue weighted by Gasteiger charge is 2.05. The Balaban J connectivity index is 1.90. The Morgan fingerprint density at radius 2 is 1.64 bits per heavy atom. The number of carbonyl (C=O) groups excluding carboxylic acids is 1. The van der Waals surface area contributed by atoms with Crippen LogP contribution >= 0.6 is 0 Å². The summed E-state index contributed by atoms with van der Waals surface area (Å²) in [6.45, 7) is 2.74. The van der Waals surface area contributed by atoms with Gasteiger partial charge in [-0.3, -0.25) is 4.79 Å². The maximum absolute atomic E-state index is 11.7. The Labute approximate surface area is 149 Å². The van der Waals surface area contributed by atoms with Crippen LogP contribution in [0.25, 0.3) is 0 Å². The van der Waals surface area contributed by atoms with Gasteiger partial charge in [-0.05, 0) is 48.4 Å². The second kappa shape index (κ2) is 9.57. The summed E-state index contributed by atoms with van der Waals surface area (Å²) >= 11 is 0. The molecule has 0 bridgehead atoms. The summed E-state index contributed by atoms with van der Waals surface area (Å²) in [7, 11) is 3.25. The molecular weight excluding hydrogens is 316 g/mol. The molecule has 2 aromatic carbocycles. The number of ether oxygens (including phenoxy) is 2. The lowest BCUT2D eigenvalue weighted by Gasteiger charge is -2.11. The van der Waals surface area contributed by atoms with Crippen LogP contribution in [0.3, 0.4) is 0 Å². The summed E-state index contributed by atoms with van der Waals surface area (Å²) in [5.41, 5.74) is 2.90. The summed E-state index contributed by atoms with van der Waals surface area (Å²) in [6.07, 6.45) is 2.50. The van der Waals surface area contributed by atoms with Crippen molar-refractivity contribution >= 4 is 17.3 Å². The molecule has 0 aromatic heterocycles.